The second-order valence-electron chi connectivity index (χ2n) is 5.63. The zero-order chi connectivity index (χ0) is 17.5. The number of anilines is 1. The number of aliphatic imine (C=N–C) groups is 1. The zero-order valence-corrected chi connectivity index (χ0v) is 15.1. The molecule has 0 bridgehead atoms. The van der Waals surface area contributed by atoms with Gasteiger partial charge in [-0.05, 0) is 29.6 Å². The minimum atomic E-state index is -0.202. The van der Waals surface area contributed by atoms with Gasteiger partial charge in [-0.3, -0.25) is 9.79 Å². The van der Waals surface area contributed by atoms with E-state index in [0.717, 1.165) is 32.1 Å². The maximum atomic E-state index is 11.8. The molecule has 0 radical (unpaired) electrons. The van der Waals surface area contributed by atoms with Crippen molar-refractivity contribution in [1.29, 1.82) is 0 Å². The third-order valence-corrected chi connectivity index (χ3v) is 4.98. The summed E-state index contributed by atoms with van der Waals surface area (Å²) in [5.74, 6) is 0.999. The number of hydrogen-bond donors (Lipinski definition) is 2. The van der Waals surface area contributed by atoms with Crippen LogP contribution in [0.3, 0.4) is 0 Å². The molecule has 0 unspecified atom stereocenters. The van der Waals surface area contributed by atoms with Crippen LogP contribution in [-0.4, -0.2) is 63.1 Å². The van der Waals surface area contributed by atoms with Gasteiger partial charge in [-0.1, -0.05) is 0 Å². The second-order valence-corrected chi connectivity index (χ2v) is 6.56. The van der Waals surface area contributed by atoms with Crippen LogP contribution in [0.2, 0.25) is 0 Å². The van der Waals surface area contributed by atoms with Gasteiger partial charge >= 0.3 is 0 Å². The van der Waals surface area contributed by atoms with E-state index in [9.17, 15) is 4.79 Å². The molecule has 8 heteroatoms. The van der Waals surface area contributed by atoms with E-state index in [-0.39, 0.29) is 5.91 Å². The molecule has 7 nitrogen and oxygen atoms in total. The zero-order valence-electron chi connectivity index (χ0n) is 14.3. The van der Waals surface area contributed by atoms with Gasteiger partial charge in [0.1, 0.15) is 0 Å². The number of hydrogen-bond acceptors (Lipinski definition) is 5. The highest BCUT2D eigenvalue weighted by atomic mass is 32.1. The first-order valence-corrected chi connectivity index (χ1v) is 9.21. The third-order valence-electron chi connectivity index (χ3n) is 4.05. The molecular formula is C17H23N5O2S. The SMILES string of the molecule is CN=C(NCCNC(=O)c1ccco1)N1CCN(c2cccs2)CC1. The maximum absolute atomic E-state index is 11.8. The highest BCUT2D eigenvalue weighted by Crippen LogP contribution is 2.22. The quantitative estimate of drug-likeness (QED) is 0.479. The topological polar surface area (TPSA) is 73.1 Å². The number of nitrogens with zero attached hydrogens (tertiary/aromatic N) is 3. The first-order valence-electron chi connectivity index (χ1n) is 8.33. The molecule has 1 aliphatic rings. The minimum absolute atomic E-state index is 0.202. The molecule has 1 amide bonds. The number of nitrogens with one attached hydrogen (secondary N) is 2. The van der Waals surface area contributed by atoms with Crippen LogP contribution in [0.15, 0.2) is 45.3 Å². The molecule has 0 spiro atoms. The standard InChI is InChI=1S/C17H23N5O2S/c1-18-17(20-7-6-19-16(23)14-4-2-12-24-14)22-10-8-21(9-11-22)15-5-3-13-25-15/h2-5,12-13H,6-11H2,1H3,(H,18,20)(H,19,23). The molecule has 0 atom stereocenters. The predicted molar refractivity (Wildman–Crippen MR) is 101 cm³/mol. The first-order chi connectivity index (χ1) is 12.3. The van der Waals surface area contributed by atoms with Crippen LogP contribution < -0.4 is 15.5 Å². The van der Waals surface area contributed by atoms with Crippen molar-refractivity contribution < 1.29 is 9.21 Å². The fourth-order valence-corrected chi connectivity index (χ4v) is 3.55. The summed E-state index contributed by atoms with van der Waals surface area (Å²) in [4.78, 5) is 20.8. The van der Waals surface area contributed by atoms with Crippen LogP contribution in [-0.2, 0) is 0 Å². The number of guanidine groups is 1. The number of piperazine rings is 1. The Hall–Kier alpha value is -2.48. The van der Waals surface area contributed by atoms with E-state index in [1.165, 1.54) is 11.3 Å². The van der Waals surface area contributed by atoms with E-state index in [1.807, 2.05) is 0 Å². The van der Waals surface area contributed by atoms with Crippen molar-refractivity contribution >= 4 is 28.2 Å². The van der Waals surface area contributed by atoms with Crippen molar-refractivity contribution in [2.45, 2.75) is 0 Å². The maximum Gasteiger partial charge on any atom is 0.287 e. The van der Waals surface area contributed by atoms with E-state index in [2.05, 4.69) is 42.9 Å². The van der Waals surface area contributed by atoms with Gasteiger partial charge in [-0.15, -0.1) is 11.3 Å². The lowest BCUT2D eigenvalue weighted by molar-refractivity contribution is 0.0926. The number of rotatable bonds is 5. The molecule has 2 aromatic rings. The van der Waals surface area contributed by atoms with E-state index in [0.29, 0.717) is 18.8 Å². The smallest absolute Gasteiger partial charge is 0.287 e. The molecule has 3 heterocycles. The van der Waals surface area contributed by atoms with Gasteiger partial charge in [-0.2, -0.15) is 0 Å². The molecule has 2 N–H and O–H groups in total. The van der Waals surface area contributed by atoms with E-state index >= 15 is 0 Å². The van der Waals surface area contributed by atoms with Crippen LogP contribution in [0, 0.1) is 0 Å². The van der Waals surface area contributed by atoms with Gasteiger partial charge in [0.2, 0.25) is 0 Å². The fraction of sp³-hybridized carbons (Fsp3) is 0.412. The molecule has 3 rings (SSSR count). The Bertz CT molecular complexity index is 676. The van der Waals surface area contributed by atoms with Gasteiger partial charge in [-0.25, -0.2) is 0 Å². The molecule has 0 aliphatic carbocycles. The monoisotopic (exact) mass is 361 g/mol. The van der Waals surface area contributed by atoms with Gasteiger partial charge in [0, 0.05) is 46.3 Å². The summed E-state index contributed by atoms with van der Waals surface area (Å²) in [6.07, 6.45) is 1.49. The molecule has 0 aromatic carbocycles. The van der Waals surface area contributed by atoms with Crippen LogP contribution in [0.4, 0.5) is 5.00 Å². The summed E-state index contributed by atoms with van der Waals surface area (Å²) in [7, 11) is 1.79. The van der Waals surface area contributed by atoms with E-state index in [1.54, 1.807) is 30.5 Å². The Morgan fingerprint density at radius 1 is 1.20 bits per heavy atom. The van der Waals surface area contributed by atoms with Crippen molar-refractivity contribution in [3.05, 3.63) is 41.7 Å². The highest BCUT2D eigenvalue weighted by molar-refractivity contribution is 7.14. The van der Waals surface area contributed by atoms with Crippen molar-refractivity contribution in [2.75, 3.05) is 51.2 Å². The van der Waals surface area contributed by atoms with Gasteiger partial charge in [0.25, 0.3) is 5.91 Å². The lowest BCUT2D eigenvalue weighted by Crippen LogP contribution is -2.53. The molecule has 2 aromatic heterocycles. The van der Waals surface area contributed by atoms with E-state index < -0.39 is 0 Å². The van der Waals surface area contributed by atoms with Gasteiger partial charge in [0.15, 0.2) is 11.7 Å². The first kappa shape index (κ1) is 17.3. The van der Waals surface area contributed by atoms with Crippen LogP contribution in [0.1, 0.15) is 10.6 Å². The lowest BCUT2D eigenvalue weighted by Gasteiger charge is -2.37. The van der Waals surface area contributed by atoms with Crippen molar-refractivity contribution in [1.82, 2.24) is 15.5 Å². The van der Waals surface area contributed by atoms with Crippen LogP contribution >= 0.6 is 11.3 Å². The number of thiophene rings is 1. The van der Waals surface area contributed by atoms with Gasteiger partial charge < -0.3 is 24.9 Å². The average Bonchev–Trinajstić information content (AvgIpc) is 3.35. The fourth-order valence-electron chi connectivity index (χ4n) is 2.77. The number of amides is 1. The Morgan fingerprint density at radius 3 is 2.64 bits per heavy atom. The van der Waals surface area contributed by atoms with Crippen LogP contribution in [0.25, 0.3) is 0 Å². The molecule has 1 fully saturated rings. The Morgan fingerprint density at radius 2 is 2.00 bits per heavy atom. The van der Waals surface area contributed by atoms with Crippen molar-refractivity contribution in [3.8, 4) is 0 Å². The Balaban J connectivity index is 1.39. The van der Waals surface area contributed by atoms with Crippen LogP contribution in [0.5, 0.6) is 0 Å². The summed E-state index contributed by atoms with van der Waals surface area (Å²) >= 11 is 1.78. The summed E-state index contributed by atoms with van der Waals surface area (Å²) in [5.41, 5.74) is 0. The minimum Gasteiger partial charge on any atom is -0.459 e. The Labute approximate surface area is 151 Å². The summed E-state index contributed by atoms with van der Waals surface area (Å²) in [6.45, 7) is 4.94. The number of carbonyl (C=O) groups excluding carboxylic acids is 1. The average molecular weight is 361 g/mol. The third kappa shape index (κ3) is 4.54. The number of furan rings is 1. The summed E-state index contributed by atoms with van der Waals surface area (Å²) in [5, 5.41) is 9.55. The summed E-state index contributed by atoms with van der Waals surface area (Å²) in [6, 6.07) is 7.60. The highest BCUT2D eigenvalue weighted by Gasteiger charge is 2.20. The van der Waals surface area contributed by atoms with Crippen molar-refractivity contribution in [2.24, 2.45) is 4.99 Å². The predicted octanol–water partition coefficient (Wildman–Crippen LogP) is 1.47. The molecule has 1 saturated heterocycles. The second kappa shape index (κ2) is 8.57. The number of carbonyl (C=O) groups is 1. The lowest BCUT2D eigenvalue weighted by atomic mass is 10.3. The molecule has 1 aliphatic heterocycles. The van der Waals surface area contributed by atoms with Crippen molar-refractivity contribution in [3.63, 3.8) is 0 Å². The normalized spacial score (nSPS) is 15.3. The molecule has 134 valence electrons. The van der Waals surface area contributed by atoms with Gasteiger partial charge in [0.05, 0.1) is 11.3 Å². The largest absolute Gasteiger partial charge is 0.459 e. The van der Waals surface area contributed by atoms with E-state index in [4.69, 9.17) is 4.42 Å². The molecular weight excluding hydrogens is 338 g/mol. The Kier molecular flexibility index (Phi) is 5.95. The summed E-state index contributed by atoms with van der Waals surface area (Å²) < 4.78 is 5.06. The molecule has 0 saturated carbocycles. The molecule has 25 heavy (non-hydrogen) atoms.